The number of hydrogen-bond donors (Lipinski definition) is 1. The Hall–Kier alpha value is -1.71. The first-order chi connectivity index (χ1) is 12.0. The lowest BCUT2D eigenvalue weighted by molar-refractivity contribution is 0.169. The minimum Gasteiger partial charge on any atom is -0.377 e. The molecule has 0 aliphatic rings. The van der Waals surface area contributed by atoms with Crippen LogP contribution in [0.25, 0.3) is 5.57 Å². The number of aliphatic hydroxyl groups excluding tert-OH is 1. The molecule has 1 N–H and O–H groups in total. The van der Waals surface area contributed by atoms with E-state index in [4.69, 9.17) is 9.05 Å². The van der Waals surface area contributed by atoms with Crippen molar-refractivity contribution >= 4 is 13.2 Å². The lowest BCUT2D eigenvalue weighted by Gasteiger charge is -2.21. The molecule has 134 valence electrons. The molecule has 0 saturated carbocycles. The molecule has 0 aliphatic heterocycles. The molecule has 0 aromatic heterocycles. The normalized spacial score (nSPS) is 13.7. The van der Waals surface area contributed by atoms with Gasteiger partial charge in [0.25, 0.3) is 0 Å². The summed E-state index contributed by atoms with van der Waals surface area (Å²) in [4.78, 5) is 0. The van der Waals surface area contributed by atoms with E-state index in [1.165, 1.54) is 0 Å². The van der Waals surface area contributed by atoms with Gasteiger partial charge in [0.15, 0.2) is 5.85 Å². The maximum Gasteiger partial charge on any atom is 0.362 e. The van der Waals surface area contributed by atoms with Gasteiger partial charge < -0.3 is 14.2 Å². The standard InChI is InChI=1S/C20H25O4P/c1-4-23-25(22,24-5-2)20(21)15-19(17-9-7-6-8-10-17)18-13-11-16(3)12-14-18/h6-15,20-21H,4-5H2,1-3H3/b19-15+. The van der Waals surface area contributed by atoms with Gasteiger partial charge >= 0.3 is 7.60 Å². The summed E-state index contributed by atoms with van der Waals surface area (Å²) in [5, 5.41) is 10.6. The predicted octanol–water partition coefficient (Wildman–Crippen LogP) is 5.01. The van der Waals surface area contributed by atoms with Gasteiger partial charge in [-0.2, -0.15) is 0 Å². The molecule has 2 rings (SSSR count). The summed E-state index contributed by atoms with van der Waals surface area (Å²) >= 11 is 0. The fourth-order valence-corrected chi connectivity index (χ4v) is 3.93. The molecule has 0 heterocycles. The predicted molar refractivity (Wildman–Crippen MR) is 102 cm³/mol. The second kappa shape index (κ2) is 9.12. The Morgan fingerprint density at radius 1 is 1.00 bits per heavy atom. The van der Waals surface area contributed by atoms with Crippen LogP contribution in [0.15, 0.2) is 60.7 Å². The highest BCUT2D eigenvalue weighted by Gasteiger charge is 2.33. The van der Waals surface area contributed by atoms with Gasteiger partial charge in [0.1, 0.15) is 0 Å². The molecule has 0 aliphatic carbocycles. The summed E-state index contributed by atoms with van der Waals surface area (Å²) < 4.78 is 23.4. The van der Waals surface area contributed by atoms with Crippen LogP contribution in [0.5, 0.6) is 0 Å². The summed E-state index contributed by atoms with van der Waals surface area (Å²) in [7, 11) is -3.64. The summed E-state index contributed by atoms with van der Waals surface area (Å²) in [5.41, 5.74) is 3.78. The molecule has 2 aromatic carbocycles. The van der Waals surface area contributed by atoms with Crippen molar-refractivity contribution in [3.63, 3.8) is 0 Å². The molecular weight excluding hydrogens is 335 g/mol. The molecule has 0 amide bonds. The smallest absolute Gasteiger partial charge is 0.362 e. The maximum atomic E-state index is 12.8. The SMILES string of the molecule is CCOP(=O)(OCC)C(O)/C=C(\c1ccccc1)c1ccc(C)cc1. The Morgan fingerprint density at radius 3 is 2.04 bits per heavy atom. The van der Waals surface area contributed by atoms with Gasteiger partial charge in [0, 0.05) is 0 Å². The van der Waals surface area contributed by atoms with Crippen LogP contribution in [0, 0.1) is 6.92 Å². The number of hydrogen-bond acceptors (Lipinski definition) is 4. The van der Waals surface area contributed by atoms with Crippen LogP contribution >= 0.6 is 7.60 Å². The Bertz CT molecular complexity index is 728. The van der Waals surface area contributed by atoms with E-state index in [1.54, 1.807) is 19.9 Å². The fourth-order valence-electron chi connectivity index (χ4n) is 2.50. The van der Waals surface area contributed by atoms with Crippen LogP contribution in [0.3, 0.4) is 0 Å². The van der Waals surface area contributed by atoms with E-state index >= 15 is 0 Å². The highest BCUT2D eigenvalue weighted by Crippen LogP contribution is 2.53. The van der Waals surface area contributed by atoms with Gasteiger partial charge in [-0.05, 0) is 43.5 Å². The van der Waals surface area contributed by atoms with Crippen LogP contribution in [0.2, 0.25) is 0 Å². The zero-order chi connectivity index (χ0) is 18.3. The number of benzene rings is 2. The zero-order valence-electron chi connectivity index (χ0n) is 14.9. The lowest BCUT2D eigenvalue weighted by atomic mass is 9.97. The van der Waals surface area contributed by atoms with Gasteiger partial charge in [-0.25, -0.2) is 0 Å². The van der Waals surface area contributed by atoms with Crippen molar-refractivity contribution in [2.24, 2.45) is 0 Å². The Kier molecular flexibility index (Phi) is 7.15. The first-order valence-electron chi connectivity index (χ1n) is 8.41. The minimum atomic E-state index is -3.64. The molecule has 25 heavy (non-hydrogen) atoms. The Labute approximate surface area is 149 Å². The summed E-state index contributed by atoms with van der Waals surface area (Å²) in [5.74, 6) is -1.34. The van der Waals surface area contributed by atoms with Gasteiger partial charge in [0.2, 0.25) is 0 Å². The van der Waals surface area contributed by atoms with Crippen molar-refractivity contribution in [1.29, 1.82) is 0 Å². The first-order valence-corrected chi connectivity index (χ1v) is 10.0. The second-order valence-electron chi connectivity index (χ2n) is 5.60. The summed E-state index contributed by atoms with van der Waals surface area (Å²) in [6.45, 7) is 5.87. The third kappa shape index (κ3) is 5.13. The van der Waals surface area contributed by atoms with Gasteiger partial charge in [-0.1, -0.05) is 60.2 Å². The van der Waals surface area contributed by atoms with Crippen molar-refractivity contribution in [1.82, 2.24) is 0 Å². The van der Waals surface area contributed by atoms with E-state index in [2.05, 4.69) is 0 Å². The summed E-state index contributed by atoms with van der Waals surface area (Å²) in [6.07, 6.45) is 1.56. The van der Waals surface area contributed by atoms with Crippen molar-refractivity contribution in [3.8, 4) is 0 Å². The van der Waals surface area contributed by atoms with Gasteiger partial charge in [0.05, 0.1) is 13.2 Å². The quantitative estimate of drug-likeness (QED) is 0.672. The zero-order valence-corrected chi connectivity index (χ0v) is 15.8. The molecule has 0 saturated heterocycles. The second-order valence-corrected chi connectivity index (χ2v) is 7.73. The molecule has 5 heteroatoms. The van der Waals surface area contributed by atoms with Crippen molar-refractivity contribution in [3.05, 3.63) is 77.4 Å². The van der Waals surface area contributed by atoms with E-state index in [9.17, 15) is 9.67 Å². The molecular formula is C20H25O4P. The van der Waals surface area contributed by atoms with E-state index in [-0.39, 0.29) is 13.2 Å². The van der Waals surface area contributed by atoms with E-state index in [1.807, 2.05) is 61.5 Å². The fraction of sp³-hybridized carbons (Fsp3) is 0.300. The topological polar surface area (TPSA) is 55.8 Å². The van der Waals surface area contributed by atoms with Gasteiger partial charge in [-0.15, -0.1) is 0 Å². The number of rotatable bonds is 8. The van der Waals surface area contributed by atoms with Crippen molar-refractivity contribution in [2.45, 2.75) is 26.6 Å². The van der Waals surface area contributed by atoms with E-state index in [0.29, 0.717) is 0 Å². The largest absolute Gasteiger partial charge is 0.377 e. The monoisotopic (exact) mass is 360 g/mol. The third-order valence-electron chi connectivity index (χ3n) is 3.71. The molecule has 1 unspecified atom stereocenters. The minimum absolute atomic E-state index is 0.202. The van der Waals surface area contributed by atoms with E-state index < -0.39 is 13.4 Å². The van der Waals surface area contributed by atoms with Crippen molar-refractivity contribution in [2.75, 3.05) is 13.2 Å². The molecule has 0 spiro atoms. The van der Waals surface area contributed by atoms with Crippen LogP contribution in [-0.2, 0) is 13.6 Å². The highest BCUT2D eigenvalue weighted by atomic mass is 31.2. The Morgan fingerprint density at radius 2 is 1.52 bits per heavy atom. The lowest BCUT2D eigenvalue weighted by Crippen LogP contribution is -2.11. The number of aryl methyl sites for hydroxylation is 1. The first kappa shape index (κ1) is 19.6. The van der Waals surface area contributed by atoms with E-state index in [0.717, 1.165) is 22.3 Å². The third-order valence-corrected chi connectivity index (χ3v) is 5.74. The van der Waals surface area contributed by atoms with Crippen LogP contribution in [0.1, 0.15) is 30.5 Å². The van der Waals surface area contributed by atoms with Gasteiger partial charge in [-0.3, -0.25) is 4.57 Å². The molecule has 0 bridgehead atoms. The summed E-state index contributed by atoms with van der Waals surface area (Å²) in [6, 6.07) is 17.6. The van der Waals surface area contributed by atoms with Crippen LogP contribution in [0.4, 0.5) is 0 Å². The maximum absolute atomic E-state index is 12.8. The average molecular weight is 360 g/mol. The number of aliphatic hydroxyl groups is 1. The van der Waals surface area contributed by atoms with Crippen molar-refractivity contribution < 1.29 is 18.7 Å². The Balaban J connectivity index is 2.49. The van der Waals surface area contributed by atoms with Crippen LogP contribution in [-0.4, -0.2) is 24.2 Å². The average Bonchev–Trinajstić information content (AvgIpc) is 2.61. The highest BCUT2D eigenvalue weighted by molar-refractivity contribution is 7.54. The molecule has 1 atom stereocenters. The van der Waals surface area contributed by atoms with Crippen LogP contribution < -0.4 is 0 Å². The molecule has 2 aromatic rings. The molecule has 4 nitrogen and oxygen atoms in total. The molecule has 0 radical (unpaired) electrons. The molecule has 0 fully saturated rings.